The van der Waals surface area contributed by atoms with E-state index in [2.05, 4.69) is 17.6 Å². The topological polar surface area (TPSA) is 67.4 Å². The number of rotatable bonds is 9. The molecule has 0 radical (unpaired) electrons. The van der Waals surface area contributed by atoms with Crippen LogP contribution in [0, 0.1) is 6.92 Å². The third-order valence-corrected chi connectivity index (χ3v) is 4.31. The molecule has 0 aliphatic heterocycles. The Bertz CT molecular complexity index is 770. The number of nitrogens with one attached hydrogen (secondary N) is 2. The third-order valence-electron chi connectivity index (χ3n) is 4.31. The van der Waals surface area contributed by atoms with E-state index in [4.69, 9.17) is 4.74 Å². The summed E-state index contributed by atoms with van der Waals surface area (Å²) < 4.78 is 5.67. The average Bonchev–Trinajstić information content (AvgIpc) is 2.68. The van der Waals surface area contributed by atoms with E-state index >= 15 is 0 Å². The van der Waals surface area contributed by atoms with Crippen molar-refractivity contribution in [2.75, 3.05) is 17.2 Å². The van der Waals surface area contributed by atoms with Crippen LogP contribution in [-0.2, 0) is 4.79 Å². The molecule has 2 amide bonds. The Morgan fingerprint density at radius 3 is 2.22 bits per heavy atom. The molecule has 0 unspecified atom stereocenters. The smallest absolute Gasteiger partial charge is 0.255 e. The van der Waals surface area contributed by atoms with Crippen LogP contribution in [0.2, 0.25) is 0 Å². The highest BCUT2D eigenvalue weighted by molar-refractivity contribution is 6.05. The molecular weight excluding hydrogens is 340 g/mol. The van der Waals surface area contributed by atoms with E-state index in [0.717, 1.165) is 30.6 Å². The molecule has 0 heterocycles. The second kappa shape index (κ2) is 10.4. The molecule has 2 N–H and O–H groups in total. The number of anilines is 2. The Morgan fingerprint density at radius 1 is 0.926 bits per heavy atom. The minimum atomic E-state index is -0.199. The van der Waals surface area contributed by atoms with E-state index in [0.29, 0.717) is 30.0 Å². The number of carbonyl (C=O) groups is 2. The molecule has 0 aliphatic rings. The minimum Gasteiger partial charge on any atom is -0.494 e. The summed E-state index contributed by atoms with van der Waals surface area (Å²) in [6.45, 7) is 6.51. The first-order valence-corrected chi connectivity index (χ1v) is 9.48. The lowest BCUT2D eigenvalue weighted by molar-refractivity contribution is -0.115. The van der Waals surface area contributed by atoms with Crippen molar-refractivity contribution in [2.24, 2.45) is 0 Å². The van der Waals surface area contributed by atoms with Gasteiger partial charge in [0, 0.05) is 23.4 Å². The van der Waals surface area contributed by atoms with Gasteiger partial charge < -0.3 is 15.4 Å². The molecule has 0 aliphatic carbocycles. The third kappa shape index (κ3) is 6.13. The second-order valence-corrected chi connectivity index (χ2v) is 6.41. The van der Waals surface area contributed by atoms with Crippen LogP contribution in [0.5, 0.6) is 5.75 Å². The van der Waals surface area contributed by atoms with Gasteiger partial charge in [-0.2, -0.15) is 0 Å². The first kappa shape index (κ1) is 20.5. The Balaban J connectivity index is 2.00. The van der Waals surface area contributed by atoms with Crippen LogP contribution in [0.25, 0.3) is 0 Å². The van der Waals surface area contributed by atoms with Gasteiger partial charge in [0.2, 0.25) is 5.91 Å². The van der Waals surface area contributed by atoms with Crippen LogP contribution >= 0.6 is 0 Å². The van der Waals surface area contributed by atoms with Crippen LogP contribution in [0.3, 0.4) is 0 Å². The quantitative estimate of drug-likeness (QED) is 0.600. The van der Waals surface area contributed by atoms with Crippen molar-refractivity contribution < 1.29 is 14.3 Å². The zero-order valence-electron chi connectivity index (χ0n) is 16.3. The number of amides is 2. The molecule has 5 heteroatoms. The first-order valence-electron chi connectivity index (χ1n) is 9.48. The standard InChI is InChI=1S/C22H28N2O3/c1-4-6-7-15-27-18-13-11-17(12-14-18)22(26)24-20-10-8-9-19(16(20)3)23-21(25)5-2/h8-14H,4-7,15H2,1-3H3,(H,23,25)(H,24,26). The van der Waals surface area contributed by atoms with E-state index in [1.54, 1.807) is 25.1 Å². The fraction of sp³-hybridized carbons (Fsp3) is 0.364. The molecule has 0 bridgehead atoms. The first-order chi connectivity index (χ1) is 13.0. The van der Waals surface area contributed by atoms with E-state index in [1.165, 1.54) is 0 Å². The van der Waals surface area contributed by atoms with Crippen molar-refractivity contribution in [1.29, 1.82) is 0 Å². The van der Waals surface area contributed by atoms with Crippen molar-refractivity contribution >= 4 is 23.2 Å². The number of ether oxygens (including phenoxy) is 1. The highest BCUT2D eigenvalue weighted by Crippen LogP contribution is 2.24. The van der Waals surface area contributed by atoms with Crippen LogP contribution < -0.4 is 15.4 Å². The van der Waals surface area contributed by atoms with E-state index in [1.807, 2.05) is 31.2 Å². The van der Waals surface area contributed by atoms with Gasteiger partial charge in [-0.05, 0) is 55.3 Å². The van der Waals surface area contributed by atoms with E-state index in [9.17, 15) is 9.59 Å². The summed E-state index contributed by atoms with van der Waals surface area (Å²) in [7, 11) is 0. The summed E-state index contributed by atoms with van der Waals surface area (Å²) in [4.78, 5) is 24.1. The van der Waals surface area contributed by atoms with Gasteiger partial charge in [0.25, 0.3) is 5.91 Å². The lowest BCUT2D eigenvalue weighted by Crippen LogP contribution is -2.15. The summed E-state index contributed by atoms with van der Waals surface area (Å²) in [6.07, 6.45) is 3.74. The maximum Gasteiger partial charge on any atom is 0.255 e. The molecule has 5 nitrogen and oxygen atoms in total. The summed E-state index contributed by atoms with van der Waals surface area (Å²) >= 11 is 0. The van der Waals surface area contributed by atoms with Crippen molar-refractivity contribution in [3.05, 3.63) is 53.6 Å². The molecule has 2 aromatic rings. The minimum absolute atomic E-state index is 0.0592. The van der Waals surface area contributed by atoms with Crippen molar-refractivity contribution in [3.63, 3.8) is 0 Å². The number of hydrogen-bond acceptors (Lipinski definition) is 3. The number of unbranched alkanes of at least 4 members (excludes halogenated alkanes) is 2. The lowest BCUT2D eigenvalue weighted by atomic mass is 10.1. The summed E-state index contributed by atoms with van der Waals surface area (Å²) in [6, 6.07) is 12.6. The highest BCUT2D eigenvalue weighted by Gasteiger charge is 2.11. The van der Waals surface area contributed by atoms with Crippen molar-refractivity contribution in [1.82, 2.24) is 0 Å². The Kier molecular flexibility index (Phi) is 7.86. The monoisotopic (exact) mass is 368 g/mol. The largest absolute Gasteiger partial charge is 0.494 e. The van der Waals surface area contributed by atoms with Gasteiger partial charge in [-0.3, -0.25) is 9.59 Å². The SMILES string of the molecule is CCCCCOc1ccc(C(=O)Nc2cccc(NC(=O)CC)c2C)cc1. The average molecular weight is 368 g/mol. The van der Waals surface area contributed by atoms with E-state index < -0.39 is 0 Å². The van der Waals surface area contributed by atoms with E-state index in [-0.39, 0.29) is 11.8 Å². The Morgan fingerprint density at radius 2 is 1.59 bits per heavy atom. The number of benzene rings is 2. The fourth-order valence-corrected chi connectivity index (χ4v) is 2.58. The maximum absolute atomic E-state index is 12.5. The zero-order chi connectivity index (χ0) is 19.6. The highest BCUT2D eigenvalue weighted by atomic mass is 16.5. The maximum atomic E-state index is 12.5. The molecule has 0 aromatic heterocycles. The van der Waals surface area contributed by atoms with Gasteiger partial charge in [0.1, 0.15) is 5.75 Å². The van der Waals surface area contributed by atoms with Crippen LogP contribution in [-0.4, -0.2) is 18.4 Å². The van der Waals surface area contributed by atoms with Gasteiger partial charge in [-0.25, -0.2) is 0 Å². The molecule has 2 rings (SSSR count). The van der Waals surface area contributed by atoms with Crippen LogP contribution in [0.15, 0.2) is 42.5 Å². The predicted molar refractivity (Wildman–Crippen MR) is 110 cm³/mol. The Labute approximate surface area is 161 Å². The molecule has 0 spiro atoms. The Hall–Kier alpha value is -2.82. The second-order valence-electron chi connectivity index (χ2n) is 6.41. The molecule has 0 saturated carbocycles. The molecule has 27 heavy (non-hydrogen) atoms. The van der Waals surface area contributed by atoms with Gasteiger partial charge in [-0.15, -0.1) is 0 Å². The number of carbonyl (C=O) groups excluding carboxylic acids is 2. The predicted octanol–water partition coefficient (Wildman–Crippen LogP) is 5.16. The normalized spacial score (nSPS) is 10.3. The lowest BCUT2D eigenvalue weighted by Gasteiger charge is -2.13. The fourth-order valence-electron chi connectivity index (χ4n) is 2.58. The molecule has 0 atom stereocenters. The van der Waals surface area contributed by atoms with Gasteiger partial charge >= 0.3 is 0 Å². The summed E-state index contributed by atoms with van der Waals surface area (Å²) in [5, 5.41) is 5.75. The van der Waals surface area contributed by atoms with Crippen molar-refractivity contribution in [3.8, 4) is 5.75 Å². The molecule has 2 aromatic carbocycles. The molecule has 0 fully saturated rings. The van der Waals surface area contributed by atoms with Crippen LogP contribution in [0.1, 0.15) is 55.5 Å². The van der Waals surface area contributed by atoms with Crippen molar-refractivity contribution in [2.45, 2.75) is 46.5 Å². The van der Waals surface area contributed by atoms with Gasteiger partial charge in [0.15, 0.2) is 0 Å². The van der Waals surface area contributed by atoms with Crippen LogP contribution in [0.4, 0.5) is 11.4 Å². The van der Waals surface area contributed by atoms with Gasteiger partial charge in [0.05, 0.1) is 6.61 Å². The molecular formula is C22H28N2O3. The van der Waals surface area contributed by atoms with Gasteiger partial charge in [-0.1, -0.05) is 32.8 Å². The summed E-state index contributed by atoms with van der Waals surface area (Å²) in [5.74, 6) is 0.508. The zero-order valence-corrected chi connectivity index (χ0v) is 16.3. The molecule has 144 valence electrons. The number of hydrogen-bond donors (Lipinski definition) is 2. The molecule has 0 saturated heterocycles. The summed E-state index contributed by atoms with van der Waals surface area (Å²) in [5.41, 5.74) is 2.76.